The van der Waals surface area contributed by atoms with E-state index in [1.807, 2.05) is 0 Å². The van der Waals surface area contributed by atoms with E-state index in [1.54, 1.807) is 11.9 Å². The first-order valence-corrected chi connectivity index (χ1v) is 7.28. The maximum absolute atomic E-state index is 12.1. The van der Waals surface area contributed by atoms with Crippen LogP contribution in [0.1, 0.15) is 58.3 Å². The summed E-state index contributed by atoms with van der Waals surface area (Å²) < 4.78 is 0. The van der Waals surface area contributed by atoms with E-state index < -0.39 is 11.5 Å². The molecule has 0 saturated heterocycles. The third-order valence-electron chi connectivity index (χ3n) is 3.91. The number of nitrogens with one attached hydrogen (secondary N) is 1. The first kappa shape index (κ1) is 15.8. The van der Waals surface area contributed by atoms with E-state index in [0.29, 0.717) is 19.4 Å². The van der Waals surface area contributed by atoms with Gasteiger partial charge in [0.2, 0.25) is 0 Å². The first-order valence-electron chi connectivity index (χ1n) is 7.28. The van der Waals surface area contributed by atoms with Crippen LogP contribution in [0.4, 0.5) is 4.79 Å². The molecule has 0 spiro atoms. The van der Waals surface area contributed by atoms with Crippen molar-refractivity contribution in [2.45, 2.75) is 63.8 Å². The van der Waals surface area contributed by atoms with Crippen molar-refractivity contribution in [1.29, 1.82) is 0 Å². The lowest BCUT2D eigenvalue weighted by molar-refractivity contribution is -0.145. The Hall–Kier alpha value is -1.26. The number of hydrogen-bond donors (Lipinski definition) is 2. The second-order valence-electron chi connectivity index (χ2n) is 5.51. The molecule has 1 saturated carbocycles. The standard InChI is InChI=1S/C14H26N2O3/c1-3-4-8-11-16(2)13(19)15-14(12(17)18)9-6-5-7-10-14/h3-11H2,1-2H3,(H,15,19)(H,17,18). The molecule has 0 aromatic heterocycles. The van der Waals surface area contributed by atoms with Gasteiger partial charge in [-0.3, -0.25) is 0 Å². The van der Waals surface area contributed by atoms with Gasteiger partial charge in [-0.05, 0) is 19.3 Å². The number of hydrogen-bond acceptors (Lipinski definition) is 2. The van der Waals surface area contributed by atoms with Crippen LogP contribution in [0.3, 0.4) is 0 Å². The van der Waals surface area contributed by atoms with E-state index in [0.717, 1.165) is 38.5 Å². The predicted molar refractivity (Wildman–Crippen MR) is 74.1 cm³/mol. The van der Waals surface area contributed by atoms with Crippen LogP contribution < -0.4 is 5.32 Å². The van der Waals surface area contributed by atoms with Crippen LogP contribution in [0.25, 0.3) is 0 Å². The monoisotopic (exact) mass is 270 g/mol. The number of carboxylic acid groups (broad SMARTS) is 1. The number of urea groups is 1. The van der Waals surface area contributed by atoms with E-state index in [9.17, 15) is 14.7 Å². The van der Waals surface area contributed by atoms with Gasteiger partial charge in [-0.1, -0.05) is 39.0 Å². The number of carbonyl (C=O) groups excluding carboxylic acids is 1. The van der Waals surface area contributed by atoms with Gasteiger partial charge in [0, 0.05) is 13.6 Å². The van der Waals surface area contributed by atoms with Crippen LogP contribution in [-0.4, -0.2) is 41.1 Å². The molecule has 1 aliphatic carbocycles. The topological polar surface area (TPSA) is 69.6 Å². The molecule has 1 aliphatic rings. The molecule has 5 nitrogen and oxygen atoms in total. The molecule has 110 valence electrons. The fourth-order valence-electron chi connectivity index (χ4n) is 2.55. The summed E-state index contributed by atoms with van der Waals surface area (Å²) in [5.74, 6) is -0.900. The molecule has 0 atom stereocenters. The minimum Gasteiger partial charge on any atom is -0.480 e. The molecule has 1 rings (SSSR count). The first-order chi connectivity index (χ1) is 9.02. The lowest BCUT2D eigenvalue weighted by Crippen LogP contribution is -2.58. The minimum atomic E-state index is -1.05. The van der Waals surface area contributed by atoms with Gasteiger partial charge in [0.1, 0.15) is 5.54 Å². The number of amides is 2. The van der Waals surface area contributed by atoms with E-state index in [1.165, 1.54) is 0 Å². The third kappa shape index (κ3) is 4.40. The number of aliphatic carboxylic acids is 1. The number of carbonyl (C=O) groups is 2. The molecule has 0 unspecified atom stereocenters. The van der Waals surface area contributed by atoms with Gasteiger partial charge in [-0.25, -0.2) is 9.59 Å². The highest BCUT2D eigenvalue weighted by Gasteiger charge is 2.41. The van der Waals surface area contributed by atoms with E-state index in [-0.39, 0.29) is 6.03 Å². The Labute approximate surface area is 115 Å². The molecule has 5 heteroatoms. The highest BCUT2D eigenvalue weighted by atomic mass is 16.4. The van der Waals surface area contributed by atoms with Crippen LogP contribution >= 0.6 is 0 Å². The van der Waals surface area contributed by atoms with Crippen molar-refractivity contribution in [3.63, 3.8) is 0 Å². The Morgan fingerprint density at radius 2 is 1.84 bits per heavy atom. The normalized spacial score (nSPS) is 17.8. The molecule has 2 N–H and O–H groups in total. The lowest BCUT2D eigenvalue weighted by Gasteiger charge is -2.35. The fourth-order valence-corrected chi connectivity index (χ4v) is 2.55. The van der Waals surface area contributed by atoms with Gasteiger partial charge in [0.05, 0.1) is 0 Å². The average Bonchev–Trinajstić information content (AvgIpc) is 2.39. The van der Waals surface area contributed by atoms with Gasteiger partial charge in [-0.15, -0.1) is 0 Å². The van der Waals surface area contributed by atoms with Crippen molar-refractivity contribution >= 4 is 12.0 Å². The van der Waals surface area contributed by atoms with E-state index in [4.69, 9.17) is 0 Å². The third-order valence-corrected chi connectivity index (χ3v) is 3.91. The summed E-state index contributed by atoms with van der Waals surface area (Å²) in [5.41, 5.74) is -1.05. The largest absolute Gasteiger partial charge is 0.480 e. The smallest absolute Gasteiger partial charge is 0.329 e. The molecule has 0 heterocycles. The Morgan fingerprint density at radius 3 is 2.37 bits per heavy atom. The maximum atomic E-state index is 12.1. The predicted octanol–water partition coefficient (Wildman–Crippen LogP) is 2.61. The molecule has 0 aliphatic heterocycles. The van der Waals surface area contributed by atoms with Gasteiger partial charge in [0.25, 0.3) is 0 Å². The van der Waals surface area contributed by atoms with Crippen molar-refractivity contribution in [2.24, 2.45) is 0 Å². The highest BCUT2D eigenvalue weighted by Crippen LogP contribution is 2.28. The molecule has 19 heavy (non-hydrogen) atoms. The summed E-state index contributed by atoms with van der Waals surface area (Å²) in [6, 6.07) is -0.264. The molecule has 0 aromatic rings. The zero-order valence-electron chi connectivity index (χ0n) is 12.1. The van der Waals surface area contributed by atoms with Crippen LogP contribution in [-0.2, 0) is 4.79 Å². The Morgan fingerprint density at radius 1 is 1.21 bits per heavy atom. The van der Waals surface area contributed by atoms with Crippen LogP contribution in [0.15, 0.2) is 0 Å². The summed E-state index contributed by atoms with van der Waals surface area (Å²) in [6.45, 7) is 2.79. The van der Waals surface area contributed by atoms with Gasteiger partial charge in [-0.2, -0.15) is 0 Å². The quantitative estimate of drug-likeness (QED) is 0.729. The minimum absolute atomic E-state index is 0.264. The van der Waals surface area contributed by atoms with Gasteiger partial charge >= 0.3 is 12.0 Å². The Kier molecular flexibility index (Phi) is 6.12. The van der Waals surface area contributed by atoms with Gasteiger partial charge < -0.3 is 15.3 Å². The summed E-state index contributed by atoms with van der Waals surface area (Å²) in [7, 11) is 1.73. The fraction of sp³-hybridized carbons (Fsp3) is 0.857. The van der Waals surface area contributed by atoms with Crippen molar-refractivity contribution in [3.8, 4) is 0 Å². The second kappa shape index (κ2) is 7.36. The van der Waals surface area contributed by atoms with Crippen molar-refractivity contribution < 1.29 is 14.7 Å². The molecule has 0 bridgehead atoms. The number of rotatable bonds is 6. The second-order valence-corrected chi connectivity index (χ2v) is 5.51. The van der Waals surface area contributed by atoms with Gasteiger partial charge in [0.15, 0.2) is 0 Å². The van der Waals surface area contributed by atoms with Crippen LogP contribution in [0, 0.1) is 0 Å². The zero-order chi connectivity index (χ0) is 14.3. The number of unbranched alkanes of at least 4 members (excludes halogenated alkanes) is 2. The SMILES string of the molecule is CCCCCN(C)C(=O)NC1(C(=O)O)CCCCC1. The summed E-state index contributed by atoms with van der Waals surface area (Å²) in [5, 5.41) is 12.1. The summed E-state index contributed by atoms with van der Waals surface area (Å²) in [6.07, 6.45) is 7.01. The molecule has 0 radical (unpaired) electrons. The van der Waals surface area contributed by atoms with Crippen molar-refractivity contribution in [2.75, 3.05) is 13.6 Å². The molecule has 1 fully saturated rings. The highest BCUT2D eigenvalue weighted by molar-refractivity contribution is 5.86. The van der Waals surface area contributed by atoms with E-state index in [2.05, 4.69) is 12.2 Å². The number of nitrogens with zero attached hydrogens (tertiary/aromatic N) is 1. The molecule has 2 amide bonds. The van der Waals surface area contributed by atoms with Crippen LogP contribution in [0.2, 0.25) is 0 Å². The van der Waals surface area contributed by atoms with Crippen LogP contribution in [0.5, 0.6) is 0 Å². The van der Waals surface area contributed by atoms with Crippen molar-refractivity contribution in [1.82, 2.24) is 10.2 Å². The Balaban J connectivity index is 2.54. The van der Waals surface area contributed by atoms with Crippen molar-refractivity contribution in [3.05, 3.63) is 0 Å². The molecular formula is C14H26N2O3. The number of carboxylic acids is 1. The zero-order valence-corrected chi connectivity index (χ0v) is 12.1. The average molecular weight is 270 g/mol. The maximum Gasteiger partial charge on any atom is 0.329 e. The molecular weight excluding hydrogens is 244 g/mol. The molecule has 0 aromatic carbocycles. The lowest BCUT2D eigenvalue weighted by atomic mass is 9.82. The summed E-state index contributed by atoms with van der Waals surface area (Å²) in [4.78, 5) is 25.1. The summed E-state index contributed by atoms with van der Waals surface area (Å²) >= 11 is 0. The Bertz CT molecular complexity index is 312. The van der Waals surface area contributed by atoms with E-state index >= 15 is 0 Å².